The number of hydrogen-bond donors (Lipinski definition) is 1. The summed E-state index contributed by atoms with van der Waals surface area (Å²) in [4.78, 5) is 17.5. The molecule has 0 saturated carbocycles. The zero-order valence-corrected chi connectivity index (χ0v) is 11.8. The number of hydrogen-bond acceptors (Lipinski definition) is 4. The van der Waals surface area contributed by atoms with Gasteiger partial charge in [0.05, 0.1) is 10.2 Å². The topological polar surface area (TPSA) is 42.0 Å². The van der Waals surface area contributed by atoms with Crippen LogP contribution in [-0.4, -0.2) is 10.9 Å². The standard InChI is InChI=1S/C14H12N2OS2/c17-13(8-7-10-4-3-9-18-10)16-14-15-11-5-1-2-6-12(11)19-14/h1-6,9H,7-8H2,(H,15,16,17). The average molecular weight is 288 g/mol. The normalized spacial score (nSPS) is 10.7. The van der Waals surface area contributed by atoms with E-state index in [4.69, 9.17) is 0 Å². The fraction of sp³-hybridized carbons (Fsp3) is 0.143. The molecule has 0 bridgehead atoms. The van der Waals surface area contributed by atoms with Gasteiger partial charge in [0.25, 0.3) is 0 Å². The lowest BCUT2D eigenvalue weighted by Crippen LogP contribution is -2.11. The lowest BCUT2D eigenvalue weighted by atomic mass is 10.2. The Labute approximate surface area is 118 Å². The predicted molar refractivity (Wildman–Crippen MR) is 80.9 cm³/mol. The summed E-state index contributed by atoms with van der Waals surface area (Å²) >= 11 is 3.19. The quantitative estimate of drug-likeness (QED) is 0.790. The van der Waals surface area contributed by atoms with E-state index in [-0.39, 0.29) is 5.91 Å². The van der Waals surface area contributed by atoms with Crippen LogP contribution in [0.3, 0.4) is 0 Å². The molecule has 1 N–H and O–H groups in total. The number of thiazole rings is 1. The second-order valence-electron chi connectivity index (χ2n) is 4.11. The van der Waals surface area contributed by atoms with Crippen LogP contribution in [0, 0.1) is 0 Å². The van der Waals surface area contributed by atoms with Gasteiger partial charge >= 0.3 is 0 Å². The van der Waals surface area contributed by atoms with Gasteiger partial charge in [-0.25, -0.2) is 4.98 Å². The van der Waals surface area contributed by atoms with E-state index in [1.807, 2.05) is 35.7 Å². The molecule has 1 amide bonds. The van der Waals surface area contributed by atoms with Crippen LogP contribution in [0.5, 0.6) is 0 Å². The lowest BCUT2D eigenvalue weighted by Gasteiger charge is -1.99. The van der Waals surface area contributed by atoms with Crippen LogP contribution in [0.2, 0.25) is 0 Å². The highest BCUT2D eigenvalue weighted by atomic mass is 32.1. The maximum absolute atomic E-state index is 11.8. The Bertz CT molecular complexity index is 655. The van der Waals surface area contributed by atoms with Crippen molar-refractivity contribution in [3.63, 3.8) is 0 Å². The molecule has 1 aromatic carbocycles. The molecule has 5 heteroatoms. The maximum Gasteiger partial charge on any atom is 0.226 e. The van der Waals surface area contributed by atoms with Gasteiger partial charge in [-0.15, -0.1) is 11.3 Å². The molecular weight excluding hydrogens is 276 g/mol. The summed E-state index contributed by atoms with van der Waals surface area (Å²) in [6.07, 6.45) is 1.28. The van der Waals surface area contributed by atoms with E-state index in [9.17, 15) is 4.79 Å². The van der Waals surface area contributed by atoms with Crippen molar-refractivity contribution in [2.24, 2.45) is 0 Å². The molecule has 0 spiro atoms. The Morgan fingerprint density at radius 1 is 1.21 bits per heavy atom. The van der Waals surface area contributed by atoms with Crippen LogP contribution >= 0.6 is 22.7 Å². The zero-order valence-electron chi connectivity index (χ0n) is 10.1. The number of carbonyl (C=O) groups is 1. The molecule has 96 valence electrons. The zero-order chi connectivity index (χ0) is 13.1. The highest BCUT2D eigenvalue weighted by molar-refractivity contribution is 7.22. The number of para-hydroxylation sites is 1. The molecule has 19 heavy (non-hydrogen) atoms. The van der Waals surface area contributed by atoms with Crippen molar-refractivity contribution in [3.05, 3.63) is 46.7 Å². The number of thiophene rings is 1. The summed E-state index contributed by atoms with van der Waals surface area (Å²) in [5.41, 5.74) is 0.932. The number of anilines is 1. The summed E-state index contributed by atoms with van der Waals surface area (Å²) in [5.74, 6) is 0.0208. The Kier molecular flexibility index (Phi) is 3.57. The Balaban J connectivity index is 1.62. The molecule has 0 aliphatic heterocycles. The Hall–Kier alpha value is -1.72. The molecule has 0 unspecified atom stereocenters. The van der Waals surface area contributed by atoms with E-state index in [0.29, 0.717) is 11.6 Å². The van der Waals surface area contributed by atoms with Crippen LogP contribution in [0.4, 0.5) is 5.13 Å². The number of nitrogens with one attached hydrogen (secondary N) is 1. The predicted octanol–water partition coefficient (Wildman–Crippen LogP) is 3.93. The van der Waals surface area contributed by atoms with Crippen LogP contribution in [-0.2, 0) is 11.2 Å². The number of rotatable bonds is 4. The van der Waals surface area contributed by atoms with Gasteiger partial charge in [0.2, 0.25) is 5.91 Å². The molecule has 0 radical (unpaired) electrons. The van der Waals surface area contributed by atoms with Crippen LogP contribution < -0.4 is 5.32 Å². The van der Waals surface area contributed by atoms with Gasteiger partial charge in [0, 0.05) is 11.3 Å². The fourth-order valence-corrected chi connectivity index (χ4v) is 3.39. The van der Waals surface area contributed by atoms with Crippen molar-refractivity contribution >= 4 is 43.9 Å². The second kappa shape index (κ2) is 5.50. The maximum atomic E-state index is 11.8. The third kappa shape index (κ3) is 3.00. The number of aryl methyl sites for hydroxylation is 1. The van der Waals surface area contributed by atoms with Crippen molar-refractivity contribution in [2.45, 2.75) is 12.8 Å². The number of amides is 1. The van der Waals surface area contributed by atoms with Crippen LogP contribution in [0.1, 0.15) is 11.3 Å². The second-order valence-corrected chi connectivity index (χ2v) is 6.18. The first-order valence-electron chi connectivity index (χ1n) is 5.99. The van der Waals surface area contributed by atoms with E-state index in [1.165, 1.54) is 16.2 Å². The first-order chi connectivity index (χ1) is 9.31. The molecule has 0 fully saturated rings. The van der Waals surface area contributed by atoms with Gasteiger partial charge < -0.3 is 5.32 Å². The van der Waals surface area contributed by atoms with Crippen molar-refractivity contribution in [1.29, 1.82) is 0 Å². The van der Waals surface area contributed by atoms with Crippen molar-refractivity contribution in [2.75, 3.05) is 5.32 Å². The van der Waals surface area contributed by atoms with E-state index < -0.39 is 0 Å². The molecule has 0 atom stereocenters. The van der Waals surface area contributed by atoms with Crippen LogP contribution in [0.15, 0.2) is 41.8 Å². The summed E-state index contributed by atoms with van der Waals surface area (Å²) in [7, 11) is 0. The minimum Gasteiger partial charge on any atom is -0.302 e. The first kappa shape index (κ1) is 12.3. The number of carbonyl (C=O) groups excluding carboxylic acids is 1. The molecule has 3 aromatic rings. The first-order valence-corrected chi connectivity index (χ1v) is 7.69. The van der Waals surface area contributed by atoms with Gasteiger partial charge in [0.15, 0.2) is 5.13 Å². The van der Waals surface area contributed by atoms with Crippen LogP contribution in [0.25, 0.3) is 10.2 Å². The van der Waals surface area contributed by atoms with E-state index in [1.54, 1.807) is 11.3 Å². The van der Waals surface area contributed by atoms with Gasteiger partial charge in [-0.1, -0.05) is 29.5 Å². The molecule has 0 aliphatic carbocycles. The SMILES string of the molecule is O=C(CCc1cccs1)Nc1nc2ccccc2s1. The molecule has 0 aliphatic rings. The largest absolute Gasteiger partial charge is 0.302 e. The van der Waals surface area contributed by atoms with E-state index in [2.05, 4.69) is 16.4 Å². The number of fused-ring (bicyclic) bond motifs is 1. The van der Waals surface area contributed by atoms with E-state index in [0.717, 1.165) is 16.6 Å². The molecule has 0 saturated heterocycles. The highest BCUT2D eigenvalue weighted by Crippen LogP contribution is 2.25. The van der Waals surface area contributed by atoms with Gasteiger partial charge in [-0.05, 0) is 30.0 Å². The average Bonchev–Trinajstić information content (AvgIpc) is 3.04. The Morgan fingerprint density at radius 3 is 2.89 bits per heavy atom. The molecule has 2 heterocycles. The third-order valence-corrected chi connectivity index (χ3v) is 4.61. The molecule has 2 aromatic heterocycles. The summed E-state index contributed by atoms with van der Waals surface area (Å²) in [5, 5.41) is 5.57. The third-order valence-electron chi connectivity index (χ3n) is 2.72. The fourth-order valence-electron chi connectivity index (χ4n) is 1.80. The molecular formula is C14H12N2OS2. The smallest absolute Gasteiger partial charge is 0.226 e. The van der Waals surface area contributed by atoms with Gasteiger partial charge in [-0.2, -0.15) is 0 Å². The Morgan fingerprint density at radius 2 is 2.11 bits per heavy atom. The summed E-state index contributed by atoms with van der Waals surface area (Å²) in [6, 6.07) is 11.9. The summed E-state index contributed by atoms with van der Waals surface area (Å²) < 4.78 is 1.09. The van der Waals surface area contributed by atoms with E-state index >= 15 is 0 Å². The number of nitrogens with zero attached hydrogens (tertiary/aromatic N) is 1. The van der Waals surface area contributed by atoms with Crippen molar-refractivity contribution < 1.29 is 4.79 Å². The van der Waals surface area contributed by atoms with Gasteiger partial charge in [0.1, 0.15) is 0 Å². The number of aromatic nitrogens is 1. The minimum absolute atomic E-state index is 0.0208. The molecule has 3 nitrogen and oxygen atoms in total. The molecule has 3 rings (SSSR count). The minimum atomic E-state index is 0.0208. The number of benzene rings is 1. The summed E-state index contributed by atoms with van der Waals surface area (Å²) in [6.45, 7) is 0. The van der Waals surface area contributed by atoms with Crippen molar-refractivity contribution in [3.8, 4) is 0 Å². The van der Waals surface area contributed by atoms with Gasteiger partial charge in [-0.3, -0.25) is 4.79 Å². The monoisotopic (exact) mass is 288 g/mol. The lowest BCUT2D eigenvalue weighted by molar-refractivity contribution is -0.116. The highest BCUT2D eigenvalue weighted by Gasteiger charge is 2.07. The van der Waals surface area contributed by atoms with Crippen molar-refractivity contribution in [1.82, 2.24) is 4.98 Å².